The Bertz CT molecular complexity index is 315. The van der Waals surface area contributed by atoms with Crippen molar-refractivity contribution in [1.29, 1.82) is 0 Å². The van der Waals surface area contributed by atoms with E-state index in [0.717, 1.165) is 19.5 Å². The first-order valence-corrected chi connectivity index (χ1v) is 7.85. The maximum absolute atomic E-state index is 11.3. The third-order valence-electron chi connectivity index (χ3n) is 3.61. The van der Waals surface area contributed by atoms with Crippen LogP contribution in [-0.4, -0.2) is 43.7 Å². The lowest BCUT2D eigenvalue weighted by Gasteiger charge is -2.38. The molecule has 96 valence electrons. The summed E-state index contributed by atoms with van der Waals surface area (Å²) in [5.41, 5.74) is -0.672. The van der Waals surface area contributed by atoms with Gasteiger partial charge in [-0.1, -0.05) is 13.8 Å². The molecule has 1 rings (SSSR count). The van der Waals surface area contributed by atoms with Crippen LogP contribution in [0.4, 0.5) is 0 Å². The van der Waals surface area contributed by atoms with E-state index in [9.17, 15) is 13.5 Å². The van der Waals surface area contributed by atoms with E-state index < -0.39 is 15.4 Å². The maximum Gasteiger partial charge on any atom is 0.150 e. The second-order valence-electron chi connectivity index (χ2n) is 4.80. The van der Waals surface area contributed by atoms with E-state index in [-0.39, 0.29) is 17.4 Å². The highest BCUT2D eigenvalue weighted by Gasteiger charge is 2.35. The quantitative estimate of drug-likeness (QED) is 0.747. The van der Waals surface area contributed by atoms with Gasteiger partial charge in [0.25, 0.3) is 0 Å². The molecule has 0 amide bonds. The first-order chi connectivity index (χ1) is 7.40. The highest BCUT2D eigenvalue weighted by Crippen LogP contribution is 2.29. The van der Waals surface area contributed by atoms with Crippen molar-refractivity contribution in [3.8, 4) is 0 Å². The fourth-order valence-corrected chi connectivity index (χ4v) is 3.05. The van der Waals surface area contributed by atoms with Gasteiger partial charge in [-0.05, 0) is 31.7 Å². The molecule has 1 heterocycles. The lowest BCUT2D eigenvalue weighted by Crippen LogP contribution is -2.49. The number of rotatable bonds is 5. The Morgan fingerprint density at radius 3 is 2.75 bits per heavy atom. The Morgan fingerprint density at radius 2 is 2.19 bits per heavy atom. The predicted octanol–water partition coefficient (Wildman–Crippen LogP) is 0.562. The van der Waals surface area contributed by atoms with Crippen molar-refractivity contribution in [3.63, 3.8) is 0 Å². The first-order valence-electron chi connectivity index (χ1n) is 6.03. The number of hydrogen-bond acceptors (Lipinski definition) is 4. The molecule has 0 spiro atoms. The van der Waals surface area contributed by atoms with E-state index in [2.05, 4.69) is 5.32 Å². The molecule has 0 aromatic carbocycles. The van der Waals surface area contributed by atoms with Crippen LogP contribution in [0.25, 0.3) is 0 Å². The van der Waals surface area contributed by atoms with E-state index in [1.807, 2.05) is 6.92 Å². The van der Waals surface area contributed by atoms with Crippen LogP contribution < -0.4 is 5.32 Å². The largest absolute Gasteiger partial charge is 0.390 e. The third kappa shape index (κ3) is 3.71. The molecule has 0 bridgehead atoms. The van der Waals surface area contributed by atoms with Crippen LogP contribution in [0.2, 0.25) is 0 Å². The van der Waals surface area contributed by atoms with Gasteiger partial charge < -0.3 is 10.4 Å². The summed E-state index contributed by atoms with van der Waals surface area (Å²) >= 11 is 0. The molecule has 4 nitrogen and oxygen atoms in total. The number of nitrogens with one attached hydrogen (secondary N) is 1. The Labute approximate surface area is 98.4 Å². The number of hydrogen-bond donors (Lipinski definition) is 2. The van der Waals surface area contributed by atoms with Gasteiger partial charge in [-0.25, -0.2) is 8.42 Å². The van der Waals surface area contributed by atoms with E-state index in [0.29, 0.717) is 12.8 Å². The van der Waals surface area contributed by atoms with Crippen molar-refractivity contribution >= 4 is 9.84 Å². The molecule has 1 saturated heterocycles. The molecule has 0 saturated carbocycles. The van der Waals surface area contributed by atoms with E-state index in [4.69, 9.17) is 0 Å². The van der Waals surface area contributed by atoms with Crippen molar-refractivity contribution in [1.82, 2.24) is 5.32 Å². The summed E-state index contributed by atoms with van der Waals surface area (Å²) in [6, 6.07) is 0. The summed E-state index contributed by atoms with van der Waals surface area (Å²) < 4.78 is 22.7. The SMILES string of the molecule is CCS(=O)(=O)CCCC1(O)CCNCC1C. The van der Waals surface area contributed by atoms with Crippen molar-refractivity contribution in [2.75, 3.05) is 24.6 Å². The van der Waals surface area contributed by atoms with Gasteiger partial charge in [0, 0.05) is 12.3 Å². The summed E-state index contributed by atoms with van der Waals surface area (Å²) in [5, 5.41) is 13.6. The fraction of sp³-hybridized carbons (Fsp3) is 1.00. The highest BCUT2D eigenvalue weighted by molar-refractivity contribution is 7.91. The van der Waals surface area contributed by atoms with Crippen molar-refractivity contribution in [3.05, 3.63) is 0 Å². The van der Waals surface area contributed by atoms with Crippen molar-refractivity contribution in [2.45, 2.75) is 38.7 Å². The minimum atomic E-state index is -2.89. The van der Waals surface area contributed by atoms with Gasteiger partial charge in [0.15, 0.2) is 0 Å². The Kier molecular flexibility index (Phi) is 4.76. The zero-order chi connectivity index (χ0) is 12.2. The molecule has 0 radical (unpaired) electrons. The maximum atomic E-state index is 11.3. The van der Waals surface area contributed by atoms with E-state index >= 15 is 0 Å². The Morgan fingerprint density at radius 1 is 1.50 bits per heavy atom. The van der Waals surface area contributed by atoms with Crippen LogP contribution in [0.1, 0.15) is 33.1 Å². The predicted molar refractivity (Wildman–Crippen MR) is 65.2 cm³/mol. The monoisotopic (exact) mass is 249 g/mol. The zero-order valence-corrected chi connectivity index (χ0v) is 11.0. The second-order valence-corrected chi connectivity index (χ2v) is 7.27. The Balaban J connectivity index is 2.41. The summed E-state index contributed by atoms with van der Waals surface area (Å²) in [6.45, 7) is 5.32. The molecular weight excluding hydrogens is 226 g/mol. The fourth-order valence-electron chi connectivity index (χ4n) is 2.17. The summed E-state index contributed by atoms with van der Waals surface area (Å²) in [7, 11) is -2.89. The van der Waals surface area contributed by atoms with Crippen molar-refractivity contribution < 1.29 is 13.5 Å². The minimum absolute atomic E-state index is 0.197. The molecule has 0 aliphatic carbocycles. The molecule has 1 aliphatic heterocycles. The lowest BCUT2D eigenvalue weighted by molar-refractivity contribution is -0.0407. The molecular formula is C11H23NO3S. The smallest absolute Gasteiger partial charge is 0.150 e. The highest BCUT2D eigenvalue weighted by atomic mass is 32.2. The minimum Gasteiger partial charge on any atom is -0.390 e. The third-order valence-corrected chi connectivity index (χ3v) is 5.40. The topological polar surface area (TPSA) is 66.4 Å². The van der Waals surface area contributed by atoms with E-state index in [1.54, 1.807) is 6.92 Å². The summed E-state index contributed by atoms with van der Waals surface area (Å²) in [4.78, 5) is 0. The standard InChI is InChI=1S/C11H23NO3S/c1-3-16(14,15)8-4-5-11(13)6-7-12-9-10(11)2/h10,12-13H,3-9H2,1-2H3. The molecule has 2 atom stereocenters. The average molecular weight is 249 g/mol. The number of piperidine rings is 1. The van der Waals surface area contributed by atoms with Gasteiger partial charge in [-0.2, -0.15) is 0 Å². The average Bonchev–Trinajstić information content (AvgIpc) is 2.23. The van der Waals surface area contributed by atoms with Gasteiger partial charge in [-0.15, -0.1) is 0 Å². The molecule has 0 aromatic heterocycles. The van der Waals surface area contributed by atoms with Crippen molar-refractivity contribution in [2.24, 2.45) is 5.92 Å². The van der Waals surface area contributed by atoms with Gasteiger partial charge in [0.1, 0.15) is 9.84 Å². The van der Waals surface area contributed by atoms with Crippen LogP contribution in [0.3, 0.4) is 0 Å². The molecule has 2 N–H and O–H groups in total. The summed E-state index contributed by atoms with van der Waals surface area (Å²) in [6.07, 6.45) is 1.88. The Hall–Kier alpha value is -0.130. The van der Waals surface area contributed by atoms with Crippen LogP contribution in [0.5, 0.6) is 0 Å². The normalized spacial score (nSPS) is 31.6. The van der Waals surface area contributed by atoms with Gasteiger partial charge in [0.05, 0.1) is 11.4 Å². The van der Waals surface area contributed by atoms with Gasteiger partial charge in [0.2, 0.25) is 0 Å². The molecule has 1 fully saturated rings. The second kappa shape index (κ2) is 5.47. The lowest BCUT2D eigenvalue weighted by atomic mass is 9.80. The van der Waals surface area contributed by atoms with Crippen LogP contribution >= 0.6 is 0 Å². The zero-order valence-electron chi connectivity index (χ0n) is 10.2. The van der Waals surface area contributed by atoms with Gasteiger partial charge in [-0.3, -0.25) is 0 Å². The molecule has 0 aromatic rings. The van der Waals surface area contributed by atoms with Gasteiger partial charge >= 0.3 is 0 Å². The molecule has 2 unspecified atom stereocenters. The molecule has 5 heteroatoms. The van der Waals surface area contributed by atoms with Crippen LogP contribution in [-0.2, 0) is 9.84 Å². The molecule has 1 aliphatic rings. The molecule has 16 heavy (non-hydrogen) atoms. The number of sulfone groups is 1. The first kappa shape index (κ1) is 13.9. The number of aliphatic hydroxyl groups is 1. The van der Waals surface area contributed by atoms with E-state index in [1.165, 1.54) is 0 Å². The van der Waals surface area contributed by atoms with Crippen LogP contribution in [0, 0.1) is 5.92 Å². The van der Waals surface area contributed by atoms with Crippen LogP contribution in [0.15, 0.2) is 0 Å². The summed E-state index contributed by atoms with van der Waals surface area (Å²) in [5.74, 6) is 0.597.